The van der Waals surface area contributed by atoms with Gasteiger partial charge in [-0.25, -0.2) is 0 Å². The summed E-state index contributed by atoms with van der Waals surface area (Å²) in [5, 5.41) is 3.95. The third-order valence-corrected chi connectivity index (χ3v) is 3.69. The molecular formula is C18H18N2O3. The Morgan fingerprint density at radius 1 is 1.09 bits per heavy atom. The van der Waals surface area contributed by atoms with E-state index in [1.54, 1.807) is 32.4 Å². The van der Waals surface area contributed by atoms with Gasteiger partial charge in [-0.3, -0.25) is 4.79 Å². The molecule has 5 heteroatoms. The lowest BCUT2D eigenvalue weighted by molar-refractivity contribution is -0.115. The van der Waals surface area contributed by atoms with Crippen LogP contribution in [0.1, 0.15) is 5.56 Å². The predicted molar refractivity (Wildman–Crippen MR) is 90.2 cm³/mol. The van der Waals surface area contributed by atoms with Crippen LogP contribution in [0, 0.1) is 0 Å². The van der Waals surface area contributed by atoms with Gasteiger partial charge in [0, 0.05) is 28.9 Å². The maximum Gasteiger partial charge on any atom is 0.228 e. The van der Waals surface area contributed by atoms with Crippen molar-refractivity contribution < 1.29 is 14.3 Å². The third-order valence-electron chi connectivity index (χ3n) is 3.69. The number of ether oxygens (including phenoxy) is 2. The second-order valence-electron chi connectivity index (χ2n) is 5.15. The minimum absolute atomic E-state index is 0.0815. The number of hydrogen-bond acceptors (Lipinski definition) is 3. The van der Waals surface area contributed by atoms with Crippen LogP contribution in [-0.2, 0) is 11.2 Å². The molecule has 0 aliphatic carbocycles. The average molecular weight is 310 g/mol. The summed E-state index contributed by atoms with van der Waals surface area (Å²) >= 11 is 0. The van der Waals surface area contributed by atoms with Crippen molar-refractivity contribution in [3.63, 3.8) is 0 Å². The number of nitrogens with one attached hydrogen (secondary N) is 2. The smallest absolute Gasteiger partial charge is 0.228 e. The van der Waals surface area contributed by atoms with Crippen molar-refractivity contribution >= 4 is 22.5 Å². The van der Waals surface area contributed by atoms with Crippen molar-refractivity contribution in [3.8, 4) is 11.5 Å². The molecule has 0 saturated carbocycles. The number of rotatable bonds is 5. The van der Waals surface area contributed by atoms with Gasteiger partial charge in [-0.1, -0.05) is 18.2 Å². The van der Waals surface area contributed by atoms with E-state index in [1.807, 2.05) is 30.5 Å². The van der Waals surface area contributed by atoms with Crippen LogP contribution in [0.2, 0.25) is 0 Å². The first-order valence-electron chi connectivity index (χ1n) is 7.28. The molecule has 2 aromatic carbocycles. The molecule has 1 aromatic heterocycles. The SMILES string of the molecule is COc1ccc(NC(=O)Cc2c[nH]c3ccccc23)cc1OC. The van der Waals surface area contributed by atoms with Crippen LogP contribution in [0.5, 0.6) is 11.5 Å². The fraction of sp³-hybridized carbons (Fsp3) is 0.167. The van der Waals surface area contributed by atoms with Gasteiger partial charge in [0.1, 0.15) is 0 Å². The monoisotopic (exact) mass is 310 g/mol. The zero-order valence-electron chi connectivity index (χ0n) is 13.1. The van der Waals surface area contributed by atoms with Gasteiger partial charge in [0.25, 0.3) is 0 Å². The van der Waals surface area contributed by atoms with Crippen molar-refractivity contribution in [2.24, 2.45) is 0 Å². The summed E-state index contributed by atoms with van der Waals surface area (Å²) in [6.07, 6.45) is 2.18. The van der Waals surface area contributed by atoms with Crippen molar-refractivity contribution in [1.82, 2.24) is 4.98 Å². The Bertz CT molecular complexity index is 839. The fourth-order valence-corrected chi connectivity index (χ4v) is 2.57. The van der Waals surface area contributed by atoms with Crippen LogP contribution in [0.3, 0.4) is 0 Å². The molecule has 0 bridgehead atoms. The van der Waals surface area contributed by atoms with E-state index >= 15 is 0 Å². The van der Waals surface area contributed by atoms with E-state index in [2.05, 4.69) is 10.3 Å². The van der Waals surface area contributed by atoms with Crippen LogP contribution < -0.4 is 14.8 Å². The normalized spacial score (nSPS) is 10.5. The highest BCUT2D eigenvalue weighted by Crippen LogP contribution is 2.29. The number of aromatic amines is 1. The van der Waals surface area contributed by atoms with Gasteiger partial charge in [-0.15, -0.1) is 0 Å². The molecule has 0 spiro atoms. The topological polar surface area (TPSA) is 63.3 Å². The summed E-state index contributed by atoms with van der Waals surface area (Å²) in [5.41, 5.74) is 2.67. The predicted octanol–water partition coefficient (Wildman–Crippen LogP) is 3.37. The molecule has 1 amide bonds. The highest BCUT2D eigenvalue weighted by molar-refractivity contribution is 5.96. The number of amides is 1. The number of carbonyl (C=O) groups is 1. The second kappa shape index (κ2) is 6.44. The molecule has 1 heterocycles. The van der Waals surface area contributed by atoms with E-state index in [0.717, 1.165) is 16.5 Å². The molecule has 3 rings (SSSR count). The fourth-order valence-electron chi connectivity index (χ4n) is 2.57. The van der Waals surface area contributed by atoms with Gasteiger partial charge in [-0.2, -0.15) is 0 Å². The largest absolute Gasteiger partial charge is 0.493 e. The number of fused-ring (bicyclic) bond motifs is 1. The molecular weight excluding hydrogens is 292 g/mol. The Hall–Kier alpha value is -2.95. The number of benzene rings is 2. The highest BCUT2D eigenvalue weighted by atomic mass is 16.5. The van der Waals surface area contributed by atoms with Crippen LogP contribution in [0.4, 0.5) is 5.69 Å². The summed E-state index contributed by atoms with van der Waals surface area (Å²) in [4.78, 5) is 15.5. The molecule has 118 valence electrons. The van der Waals surface area contributed by atoms with Crippen LogP contribution in [0.15, 0.2) is 48.7 Å². The Labute approximate surface area is 134 Å². The first-order chi connectivity index (χ1) is 11.2. The van der Waals surface area contributed by atoms with Gasteiger partial charge in [0.05, 0.1) is 20.6 Å². The van der Waals surface area contributed by atoms with Gasteiger partial charge in [-0.05, 0) is 23.8 Å². The zero-order chi connectivity index (χ0) is 16.2. The third kappa shape index (κ3) is 3.13. The van der Waals surface area contributed by atoms with E-state index in [9.17, 15) is 4.79 Å². The molecule has 0 atom stereocenters. The Kier molecular flexibility index (Phi) is 4.19. The summed E-state index contributed by atoms with van der Waals surface area (Å²) in [6.45, 7) is 0. The number of H-pyrrole nitrogens is 1. The van der Waals surface area contributed by atoms with Gasteiger partial charge in [0.2, 0.25) is 5.91 Å². The lowest BCUT2D eigenvalue weighted by atomic mass is 10.1. The Morgan fingerprint density at radius 2 is 1.87 bits per heavy atom. The highest BCUT2D eigenvalue weighted by Gasteiger charge is 2.10. The van der Waals surface area contributed by atoms with E-state index in [1.165, 1.54) is 0 Å². The van der Waals surface area contributed by atoms with Crippen molar-refractivity contribution in [2.75, 3.05) is 19.5 Å². The first-order valence-corrected chi connectivity index (χ1v) is 7.28. The molecule has 23 heavy (non-hydrogen) atoms. The lowest BCUT2D eigenvalue weighted by Crippen LogP contribution is -2.14. The Morgan fingerprint density at radius 3 is 2.65 bits per heavy atom. The van der Waals surface area contributed by atoms with E-state index in [4.69, 9.17) is 9.47 Å². The quantitative estimate of drug-likeness (QED) is 0.759. The minimum atomic E-state index is -0.0815. The second-order valence-corrected chi connectivity index (χ2v) is 5.15. The van der Waals surface area contributed by atoms with Crippen LogP contribution >= 0.6 is 0 Å². The molecule has 5 nitrogen and oxygen atoms in total. The number of aromatic nitrogens is 1. The number of hydrogen-bond donors (Lipinski definition) is 2. The van der Waals surface area contributed by atoms with E-state index in [-0.39, 0.29) is 5.91 Å². The van der Waals surface area contributed by atoms with Crippen molar-refractivity contribution in [2.45, 2.75) is 6.42 Å². The number of methoxy groups -OCH3 is 2. The van der Waals surface area contributed by atoms with Gasteiger partial charge >= 0.3 is 0 Å². The molecule has 3 aromatic rings. The maximum absolute atomic E-state index is 12.3. The molecule has 0 unspecified atom stereocenters. The molecule has 0 aliphatic heterocycles. The summed E-state index contributed by atoms with van der Waals surface area (Å²) in [6, 6.07) is 13.2. The standard InChI is InChI=1S/C18H18N2O3/c1-22-16-8-7-13(10-17(16)23-2)20-18(21)9-12-11-19-15-6-4-3-5-14(12)15/h3-8,10-11,19H,9H2,1-2H3,(H,20,21). The molecule has 0 saturated heterocycles. The van der Waals surface area contributed by atoms with Crippen LogP contribution in [-0.4, -0.2) is 25.1 Å². The van der Waals surface area contributed by atoms with Gasteiger partial charge in [0.15, 0.2) is 11.5 Å². The lowest BCUT2D eigenvalue weighted by Gasteiger charge is -2.10. The minimum Gasteiger partial charge on any atom is -0.493 e. The Balaban J connectivity index is 1.74. The van der Waals surface area contributed by atoms with Crippen molar-refractivity contribution in [3.05, 3.63) is 54.2 Å². The number of carbonyl (C=O) groups excluding carboxylic acids is 1. The molecule has 0 fully saturated rings. The van der Waals surface area contributed by atoms with Gasteiger partial charge < -0.3 is 19.8 Å². The maximum atomic E-state index is 12.3. The van der Waals surface area contributed by atoms with E-state index < -0.39 is 0 Å². The van der Waals surface area contributed by atoms with Crippen molar-refractivity contribution in [1.29, 1.82) is 0 Å². The number of anilines is 1. The average Bonchev–Trinajstić information content (AvgIpc) is 2.97. The van der Waals surface area contributed by atoms with Crippen LogP contribution in [0.25, 0.3) is 10.9 Å². The van der Waals surface area contributed by atoms with E-state index in [0.29, 0.717) is 23.6 Å². The molecule has 0 aliphatic rings. The molecule has 2 N–H and O–H groups in total. The summed E-state index contributed by atoms with van der Waals surface area (Å²) < 4.78 is 10.4. The summed E-state index contributed by atoms with van der Waals surface area (Å²) in [7, 11) is 3.14. The zero-order valence-corrected chi connectivity index (χ0v) is 13.1. The molecule has 0 radical (unpaired) electrons. The number of para-hydroxylation sites is 1. The summed E-state index contributed by atoms with van der Waals surface area (Å²) in [5.74, 6) is 1.13. The first kappa shape index (κ1) is 15.0.